The van der Waals surface area contributed by atoms with Crippen LogP contribution in [-0.2, 0) is 13.1 Å². The van der Waals surface area contributed by atoms with E-state index in [0.717, 1.165) is 65.2 Å². The van der Waals surface area contributed by atoms with Crippen LogP contribution in [0.3, 0.4) is 0 Å². The molecule has 2 N–H and O–H groups in total. The molecule has 1 aliphatic heterocycles. The summed E-state index contributed by atoms with van der Waals surface area (Å²) in [4.78, 5) is 0. The van der Waals surface area contributed by atoms with Gasteiger partial charge in [-0.15, -0.1) is 0 Å². The molecule has 1 aliphatic carbocycles. The van der Waals surface area contributed by atoms with Crippen molar-refractivity contribution in [1.82, 2.24) is 0 Å². The van der Waals surface area contributed by atoms with E-state index in [-0.39, 0.29) is 13.1 Å². The SMILES string of the molecule is NCCC[C@H]1C[N-]C2CCCC[C@H]2[N-]CC[N-]CC[N-]CC[N-]1.[Cl][Mn][Cl]. The van der Waals surface area contributed by atoms with Crippen LogP contribution in [-0.4, -0.2) is 70.5 Å². The van der Waals surface area contributed by atoms with E-state index < -0.39 is 0 Å². The van der Waals surface area contributed by atoms with Gasteiger partial charge in [-0.1, -0.05) is 32.1 Å². The van der Waals surface area contributed by atoms with Crippen molar-refractivity contribution in [2.45, 2.75) is 56.7 Å². The average Bonchev–Trinajstić information content (AvgIpc) is 2.66. The van der Waals surface area contributed by atoms with Crippen LogP contribution in [0.15, 0.2) is 0 Å². The molecule has 3 atom stereocenters. The Labute approximate surface area is 174 Å². The molecule has 0 amide bonds. The molecule has 26 heavy (non-hydrogen) atoms. The van der Waals surface area contributed by atoms with Crippen LogP contribution >= 0.6 is 20.2 Å². The molecule has 1 saturated carbocycles. The van der Waals surface area contributed by atoms with Gasteiger partial charge < -0.3 is 32.3 Å². The van der Waals surface area contributed by atoms with E-state index in [4.69, 9.17) is 41.9 Å². The first kappa shape index (κ1) is 24.9. The molecule has 6 nitrogen and oxygen atoms in total. The van der Waals surface area contributed by atoms with E-state index in [9.17, 15) is 0 Å². The van der Waals surface area contributed by atoms with E-state index in [2.05, 4.69) is 10.6 Å². The van der Waals surface area contributed by atoms with E-state index >= 15 is 0 Å². The third-order valence-corrected chi connectivity index (χ3v) is 4.67. The molecular formula is C17H33Cl2MnN6-5. The summed E-state index contributed by atoms with van der Waals surface area (Å²) in [5.74, 6) is 0. The minimum absolute atomic E-state index is 0.00694. The van der Waals surface area contributed by atoms with Crippen LogP contribution in [0.25, 0.3) is 26.6 Å². The van der Waals surface area contributed by atoms with Gasteiger partial charge in [-0.25, -0.2) is 0 Å². The Morgan fingerprint density at radius 1 is 0.808 bits per heavy atom. The Balaban J connectivity index is 0.00000105. The zero-order valence-corrected chi connectivity index (χ0v) is 18.3. The van der Waals surface area contributed by atoms with Crippen molar-refractivity contribution in [3.8, 4) is 0 Å². The van der Waals surface area contributed by atoms with Gasteiger partial charge in [0.05, 0.1) is 0 Å². The van der Waals surface area contributed by atoms with Gasteiger partial charge in [0, 0.05) is 0 Å². The summed E-state index contributed by atoms with van der Waals surface area (Å²) in [6, 6.07) is 1.12. The van der Waals surface area contributed by atoms with Gasteiger partial charge >= 0.3 is 33.3 Å². The summed E-state index contributed by atoms with van der Waals surface area (Å²) < 4.78 is 0. The summed E-state index contributed by atoms with van der Waals surface area (Å²) in [6.45, 7) is 6.51. The zero-order valence-electron chi connectivity index (χ0n) is 15.6. The fraction of sp³-hybridized carbons (Fsp3) is 1.00. The number of nitrogens with zero attached hydrogens (tertiary/aromatic N) is 5. The average molecular weight is 447 g/mol. The number of halogens is 2. The van der Waals surface area contributed by atoms with E-state index in [1.54, 1.807) is 0 Å². The molecule has 9 heteroatoms. The molecule has 2 aliphatic rings. The fourth-order valence-corrected chi connectivity index (χ4v) is 3.34. The van der Waals surface area contributed by atoms with E-state index in [0.29, 0.717) is 18.1 Å². The Morgan fingerprint density at radius 3 is 1.96 bits per heavy atom. The molecule has 0 aromatic rings. The summed E-state index contributed by atoms with van der Waals surface area (Å²) >= 11 is 0.00694. The van der Waals surface area contributed by atoms with E-state index in [1.165, 1.54) is 25.7 Å². The number of nitrogens with two attached hydrogens (primary N) is 1. The van der Waals surface area contributed by atoms with Gasteiger partial charge in [0.2, 0.25) is 0 Å². The predicted octanol–water partition coefficient (Wildman–Crippen LogP) is 4.66. The van der Waals surface area contributed by atoms with Crippen molar-refractivity contribution in [2.24, 2.45) is 5.73 Å². The molecule has 1 saturated heterocycles. The molecule has 0 radical (unpaired) electrons. The summed E-state index contributed by atoms with van der Waals surface area (Å²) in [5, 5.41) is 23.7. The van der Waals surface area contributed by atoms with Gasteiger partial charge in [0.25, 0.3) is 0 Å². The number of fused-ring (bicyclic) bond motifs is 1. The van der Waals surface area contributed by atoms with Gasteiger partial charge in [0.1, 0.15) is 0 Å². The van der Waals surface area contributed by atoms with Crippen LogP contribution in [0.4, 0.5) is 0 Å². The third-order valence-electron chi connectivity index (χ3n) is 4.67. The maximum absolute atomic E-state index is 5.66. The molecule has 0 aromatic carbocycles. The Hall–Kier alpha value is 0.859. The Bertz CT molecular complexity index is 317. The monoisotopic (exact) mass is 446 g/mol. The van der Waals surface area contributed by atoms with Crippen LogP contribution in [0, 0.1) is 0 Å². The van der Waals surface area contributed by atoms with Gasteiger partial charge in [0.15, 0.2) is 0 Å². The molecule has 1 unspecified atom stereocenters. The minimum atomic E-state index is 0.00694. The topological polar surface area (TPSA) is 96.5 Å². The summed E-state index contributed by atoms with van der Waals surface area (Å²) in [7, 11) is 9.59. The second-order valence-electron chi connectivity index (χ2n) is 6.58. The standard InChI is InChI=1S/C17H33N6.2ClH.Mn/c18-7-3-4-15-14-23-17-6-2-1-5-16(17)22-13-11-20-9-8-19-10-12-21-15;;;/h15-17H,1-14,18H2;2*1H;/q-5;;;+2/p-2/t15-,16+,17?;;;/m0.../s1. The number of hydrogen-bond acceptors (Lipinski definition) is 1. The van der Waals surface area contributed by atoms with Crippen LogP contribution in [0.5, 0.6) is 0 Å². The van der Waals surface area contributed by atoms with E-state index in [1.807, 2.05) is 0 Å². The number of hydrogen-bond donors (Lipinski definition) is 1. The molecule has 2 fully saturated rings. The van der Waals surface area contributed by atoms with Gasteiger partial charge in [-0.2, -0.15) is 63.9 Å². The number of rotatable bonds is 3. The van der Waals surface area contributed by atoms with Crippen molar-refractivity contribution < 1.29 is 13.1 Å². The molecule has 1 heterocycles. The van der Waals surface area contributed by atoms with Gasteiger partial charge in [-0.3, -0.25) is 0 Å². The van der Waals surface area contributed by atoms with Crippen LogP contribution < -0.4 is 5.73 Å². The molecule has 2 rings (SSSR count). The molecule has 0 spiro atoms. The van der Waals surface area contributed by atoms with Crippen molar-refractivity contribution in [3.05, 3.63) is 26.6 Å². The molecule has 157 valence electrons. The van der Waals surface area contributed by atoms with Crippen LogP contribution in [0.1, 0.15) is 38.5 Å². The third kappa shape index (κ3) is 12.3. The fourth-order valence-electron chi connectivity index (χ4n) is 3.34. The maximum atomic E-state index is 5.66. The van der Waals surface area contributed by atoms with Crippen molar-refractivity contribution >= 4 is 20.2 Å². The second-order valence-corrected chi connectivity index (χ2v) is 8.53. The second kappa shape index (κ2) is 17.9. The first-order valence-electron chi connectivity index (χ1n) is 9.65. The molecule has 0 bridgehead atoms. The van der Waals surface area contributed by atoms with Crippen molar-refractivity contribution in [1.29, 1.82) is 0 Å². The zero-order chi connectivity index (χ0) is 18.9. The predicted molar refractivity (Wildman–Crippen MR) is 111 cm³/mol. The Morgan fingerprint density at radius 2 is 1.35 bits per heavy atom. The first-order chi connectivity index (χ1) is 12.8. The Kier molecular flexibility index (Phi) is 17.2. The molecule has 0 aromatic heterocycles. The summed E-state index contributed by atoms with van der Waals surface area (Å²) in [5.41, 5.74) is 5.66. The normalized spacial score (nSPS) is 29.4. The first-order valence-corrected chi connectivity index (χ1v) is 12.9. The van der Waals surface area contributed by atoms with Crippen LogP contribution in [0.2, 0.25) is 0 Å². The summed E-state index contributed by atoms with van der Waals surface area (Å²) in [6.07, 6.45) is 7.02. The van der Waals surface area contributed by atoms with Crippen molar-refractivity contribution in [2.75, 3.05) is 52.4 Å². The molecular weight excluding hydrogens is 414 g/mol. The quantitative estimate of drug-likeness (QED) is 0.626. The van der Waals surface area contributed by atoms with Gasteiger partial charge in [-0.05, 0) is 13.0 Å². The van der Waals surface area contributed by atoms with Crippen molar-refractivity contribution in [3.63, 3.8) is 0 Å².